The molecule has 0 atom stereocenters. The maximum absolute atomic E-state index is 13.1. The Balaban J connectivity index is 0.000000189. The summed E-state index contributed by atoms with van der Waals surface area (Å²) >= 11 is 3.19. The van der Waals surface area contributed by atoms with Crippen LogP contribution >= 0.6 is 22.7 Å². The zero-order chi connectivity index (χ0) is 45.2. The normalized spacial score (nSPS) is 15.8. The lowest BCUT2D eigenvalue weighted by Gasteiger charge is -2.33. The fourth-order valence-electron chi connectivity index (χ4n) is 7.57. The van der Waals surface area contributed by atoms with Crippen molar-refractivity contribution in [3.63, 3.8) is 0 Å². The summed E-state index contributed by atoms with van der Waals surface area (Å²) in [4.78, 5) is 14.7. The van der Waals surface area contributed by atoms with Gasteiger partial charge in [-0.2, -0.15) is 8.61 Å². The first-order valence-electron chi connectivity index (χ1n) is 21.2. The number of sulfonamides is 2. The van der Waals surface area contributed by atoms with Crippen LogP contribution in [-0.4, -0.2) is 94.9 Å². The minimum absolute atomic E-state index is 0.00122. The predicted octanol–water partition coefficient (Wildman–Crippen LogP) is 9.55. The van der Waals surface area contributed by atoms with Crippen molar-refractivity contribution >= 4 is 53.0 Å². The van der Waals surface area contributed by atoms with E-state index >= 15 is 0 Å². The second-order valence-corrected chi connectivity index (χ2v) is 23.4. The molecule has 4 aromatic carbocycles. The van der Waals surface area contributed by atoms with Crippen molar-refractivity contribution in [1.82, 2.24) is 18.6 Å². The highest BCUT2D eigenvalue weighted by atomic mass is 32.2. The molecule has 0 amide bonds. The number of ether oxygens (including phenoxy) is 1. The molecule has 2 aliphatic heterocycles. The highest BCUT2D eigenvalue weighted by Crippen LogP contribution is 2.35. The van der Waals surface area contributed by atoms with Gasteiger partial charge in [-0.3, -0.25) is 0 Å². The number of anilines is 2. The quantitative estimate of drug-likeness (QED) is 0.140. The first kappa shape index (κ1) is 46.4. The smallest absolute Gasteiger partial charge is 0.243 e. The average molecular weight is 927 g/mol. The predicted molar refractivity (Wildman–Crippen MR) is 259 cm³/mol. The van der Waals surface area contributed by atoms with E-state index in [0.717, 1.165) is 49.7 Å². The Labute approximate surface area is 382 Å². The summed E-state index contributed by atoms with van der Waals surface area (Å²) in [5, 5.41) is 5.95. The number of nitrogens with zero attached hydrogens (tertiary/aromatic N) is 6. The van der Waals surface area contributed by atoms with E-state index in [1.807, 2.05) is 66.0 Å². The van der Waals surface area contributed by atoms with Gasteiger partial charge in [-0.1, -0.05) is 102 Å². The monoisotopic (exact) mass is 926 g/mol. The van der Waals surface area contributed by atoms with Crippen molar-refractivity contribution in [3.8, 4) is 28.3 Å². The van der Waals surface area contributed by atoms with Crippen LogP contribution in [0, 0.1) is 6.92 Å². The molecule has 0 unspecified atom stereocenters. The van der Waals surface area contributed by atoms with Crippen LogP contribution in [-0.2, 0) is 30.9 Å². The number of piperazine rings is 2. The van der Waals surface area contributed by atoms with Gasteiger partial charge in [-0.15, -0.1) is 22.7 Å². The zero-order valence-electron chi connectivity index (χ0n) is 37.4. The highest BCUT2D eigenvalue weighted by Gasteiger charge is 2.31. The van der Waals surface area contributed by atoms with Crippen LogP contribution in [0.2, 0.25) is 0 Å². The van der Waals surface area contributed by atoms with Crippen LogP contribution in [0.4, 0.5) is 10.3 Å². The molecule has 2 fully saturated rings. The zero-order valence-corrected chi connectivity index (χ0v) is 40.7. The Bertz CT molecular complexity index is 2700. The van der Waals surface area contributed by atoms with Crippen molar-refractivity contribution in [2.45, 2.75) is 69.1 Å². The summed E-state index contributed by atoms with van der Waals surface area (Å²) in [5.74, 6) is 0.790. The maximum Gasteiger partial charge on any atom is 0.243 e. The van der Waals surface area contributed by atoms with Crippen molar-refractivity contribution in [2.75, 3.05) is 69.3 Å². The minimum atomic E-state index is -3.50. The van der Waals surface area contributed by atoms with Crippen molar-refractivity contribution in [3.05, 3.63) is 125 Å². The second kappa shape index (κ2) is 18.8. The Morgan fingerprint density at radius 3 is 1.30 bits per heavy atom. The fourth-order valence-corrected chi connectivity index (χ4v) is 12.2. The minimum Gasteiger partial charge on any atom is -0.496 e. The van der Waals surface area contributed by atoms with Crippen LogP contribution in [0.25, 0.3) is 22.5 Å². The molecule has 11 nitrogen and oxygen atoms in total. The van der Waals surface area contributed by atoms with Crippen LogP contribution < -0.4 is 14.5 Å². The molecule has 8 rings (SSSR count). The van der Waals surface area contributed by atoms with E-state index in [1.54, 1.807) is 62.7 Å². The molecule has 2 saturated heterocycles. The van der Waals surface area contributed by atoms with Crippen LogP contribution in [0.1, 0.15) is 58.2 Å². The van der Waals surface area contributed by atoms with Gasteiger partial charge in [0.05, 0.1) is 28.3 Å². The number of benzene rings is 4. The first-order valence-corrected chi connectivity index (χ1v) is 25.8. The molecule has 0 N–H and O–H groups in total. The molecule has 63 heavy (non-hydrogen) atoms. The van der Waals surface area contributed by atoms with Gasteiger partial charge in [0.25, 0.3) is 0 Å². The third-order valence-electron chi connectivity index (χ3n) is 11.5. The van der Waals surface area contributed by atoms with Gasteiger partial charge >= 0.3 is 0 Å². The van der Waals surface area contributed by atoms with Crippen LogP contribution in [0.5, 0.6) is 5.75 Å². The van der Waals surface area contributed by atoms with Crippen molar-refractivity contribution in [2.24, 2.45) is 0 Å². The summed E-state index contributed by atoms with van der Waals surface area (Å²) in [6.45, 7) is 19.1. The average Bonchev–Trinajstić information content (AvgIpc) is 3.98. The van der Waals surface area contributed by atoms with E-state index in [9.17, 15) is 16.8 Å². The summed E-state index contributed by atoms with van der Waals surface area (Å²) in [6, 6.07) is 30.6. The van der Waals surface area contributed by atoms with Gasteiger partial charge in [0.2, 0.25) is 20.0 Å². The highest BCUT2D eigenvalue weighted by molar-refractivity contribution is 7.89. The molecule has 0 bridgehead atoms. The summed E-state index contributed by atoms with van der Waals surface area (Å²) in [6.07, 6.45) is 0. The molecule has 0 radical (unpaired) electrons. The molecule has 0 saturated carbocycles. The standard InChI is InChI=1S/C24H29N3O3S2.C24H29N3O2S2/c1-24(2,3)18-9-11-19(12-10-18)32(28,29)27-15-13-26(14-16-27)23-25-21(17-31-23)20-7-5-6-8-22(20)30-4;1-18-7-5-6-8-21(18)22-17-30-23(25-22)26-13-15-27(16-14-26)31(28,29)20-11-9-19(10-12-20)24(2,3)4/h5-12,17H,13-16H2,1-4H3;5-12,17H,13-16H2,1-4H3. The number of rotatable bonds is 9. The van der Waals surface area contributed by atoms with Gasteiger partial charge < -0.3 is 14.5 Å². The molecule has 0 aliphatic carbocycles. The third kappa shape index (κ3) is 10.5. The molecule has 2 aliphatic rings. The summed E-state index contributed by atoms with van der Waals surface area (Å²) in [7, 11) is -5.33. The lowest BCUT2D eigenvalue weighted by Crippen LogP contribution is -2.48. The van der Waals surface area contributed by atoms with E-state index in [4.69, 9.17) is 14.7 Å². The Kier molecular flexibility index (Phi) is 13.9. The van der Waals surface area contributed by atoms with Crippen LogP contribution in [0.15, 0.2) is 118 Å². The maximum atomic E-state index is 13.1. The molecule has 15 heteroatoms. The van der Waals surface area contributed by atoms with Gasteiger partial charge in [-0.05, 0) is 70.8 Å². The largest absolute Gasteiger partial charge is 0.496 e. The van der Waals surface area contributed by atoms with Gasteiger partial charge in [0.15, 0.2) is 10.3 Å². The Morgan fingerprint density at radius 1 is 0.524 bits per heavy atom. The molecular formula is C48H58N6O5S4. The summed E-state index contributed by atoms with van der Waals surface area (Å²) in [5.41, 5.74) is 7.39. The van der Waals surface area contributed by atoms with Gasteiger partial charge in [-0.25, -0.2) is 26.8 Å². The lowest BCUT2D eigenvalue weighted by molar-refractivity contribution is 0.384. The molecule has 6 aromatic rings. The van der Waals surface area contributed by atoms with Crippen LogP contribution in [0.3, 0.4) is 0 Å². The summed E-state index contributed by atoms with van der Waals surface area (Å²) < 4.78 is 61.1. The number of thiazole rings is 2. The SMILES string of the molecule is COc1ccccc1-c1csc(N2CCN(S(=O)(=O)c3ccc(C(C)(C)C)cc3)CC2)n1.Cc1ccccc1-c1csc(N2CCN(S(=O)(=O)c3ccc(C(C)(C)C)cc3)CC2)n1. The Morgan fingerprint density at radius 2 is 0.905 bits per heavy atom. The molecule has 0 spiro atoms. The number of aryl methyl sites for hydroxylation is 1. The molecular weight excluding hydrogens is 869 g/mol. The molecule has 334 valence electrons. The number of aromatic nitrogens is 2. The number of para-hydroxylation sites is 1. The number of hydrogen-bond donors (Lipinski definition) is 0. The van der Waals surface area contributed by atoms with E-state index in [0.29, 0.717) is 62.1 Å². The van der Waals surface area contributed by atoms with Gasteiger partial charge in [0, 0.05) is 74.2 Å². The Hall–Kier alpha value is -4.64. The topological polar surface area (TPSA) is 116 Å². The van der Waals surface area contributed by atoms with E-state index in [2.05, 4.69) is 75.8 Å². The van der Waals surface area contributed by atoms with E-state index < -0.39 is 20.0 Å². The number of hydrogen-bond acceptors (Lipinski definition) is 11. The number of methoxy groups -OCH3 is 1. The third-order valence-corrected chi connectivity index (χ3v) is 17.2. The van der Waals surface area contributed by atoms with E-state index in [1.165, 1.54) is 5.56 Å². The molecule has 2 aromatic heterocycles. The molecule has 4 heterocycles. The van der Waals surface area contributed by atoms with Crippen molar-refractivity contribution < 1.29 is 21.6 Å². The van der Waals surface area contributed by atoms with Crippen molar-refractivity contribution in [1.29, 1.82) is 0 Å². The van der Waals surface area contributed by atoms with Gasteiger partial charge in [0.1, 0.15) is 5.75 Å². The first-order chi connectivity index (χ1) is 29.9. The fraction of sp³-hybridized carbons (Fsp3) is 0.375. The van der Waals surface area contributed by atoms with E-state index in [-0.39, 0.29) is 10.8 Å². The lowest BCUT2D eigenvalue weighted by atomic mass is 9.87. The second-order valence-electron chi connectivity index (χ2n) is 17.9.